The zero-order valence-electron chi connectivity index (χ0n) is 12.6. The van der Waals surface area contributed by atoms with Gasteiger partial charge in [-0.25, -0.2) is 0 Å². The van der Waals surface area contributed by atoms with Gasteiger partial charge in [0.15, 0.2) is 6.61 Å². The van der Waals surface area contributed by atoms with Crippen LogP contribution in [-0.2, 0) is 4.79 Å². The molecule has 1 aromatic carbocycles. The molecule has 2 fully saturated rings. The average Bonchev–Trinajstić information content (AvgIpc) is 3.24. The van der Waals surface area contributed by atoms with Crippen LogP contribution in [0.15, 0.2) is 30.6 Å². The van der Waals surface area contributed by atoms with Gasteiger partial charge < -0.3 is 14.2 Å². The molecule has 1 aliphatic carbocycles. The third-order valence-corrected chi connectivity index (χ3v) is 4.58. The summed E-state index contributed by atoms with van der Waals surface area (Å²) in [5.74, 6) is 2.28. The highest BCUT2D eigenvalue weighted by Gasteiger charge is 2.36. The molecule has 0 spiro atoms. The summed E-state index contributed by atoms with van der Waals surface area (Å²) in [5.41, 5.74) is 0. The fourth-order valence-electron chi connectivity index (χ4n) is 2.77. The van der Waals surface area contributed by atoms with Crippen molar-refractivity contribution in [2.45, 2.75) is 24.8 Å². The highest BCUT2D eigenvalue weighted by Crippen LogP contribution is 2.40. The van der Waals surface area contributed by atoms with E-state index in [1.807, 2.05) is 0 Å². The number of likely N-dealkylation sites (tertiary alicyclic amines) is 1. The average molecular weight is 333 g/mol. The van der Waals surface area contributed by atoms with Gasteiger partial charge in [-0.3, -0.25) is 4.79 Å². The molecule has 0 atom stereocenters. The molecule has 0 bridgehead atoms. The maximum absolute atomic E-state index is 12.1. The molecule has 2 aliphatic rings. The first-order valence-electron chi connectivity index (χ1n) is 7.76. The third kappa shape index (κ3) is 3.03. The molecule has 1 saturated carbocycles. The molecule has 6 nitrogen and oxygen atoms in total. The summed E-state index contributed by atoms with van der Waals surface area (Å²) in [4.78, 5) is 13.9. The van der Waals surface area contributed by atoms with Crippen molar-refractivity contribution in [2.75, 3.05) is 19.7 Å². The summed E-state index contributed by atoms with van der Waals surface area (Å²) < 4.78 is 7.62. The van der Waals surface area contributed by atoms with Crippen molar-refractivity contribution in [1.82, 2.24) is 19.7 Å². The van der Waals surface area contributed by atoms with Crippen LogP contribution in [0.2, 0.25) is 5.02 Å². The first-order chi connectivity index (χ1) is 11.2. The Morgan fingerprint density at radius 1 is 1.26 bits per heavy atom. The number of aromatic nitrogens is 3. The van der Waals surface area contributed by atoms with E-state index < -0.39 is 0 Å². The van der Waals surface area contributed by atoms with Gasteiger partial charge in [0.05, 0.1) is 6.04 Å². The standard InChI is InChI=1S/C16H17ClN4O2/c17-12-3-5-14(6-4-12)23-9-15(22)20-7-13(8-20)21-10-18-19-16(21)11-1-2-11/h3-6,10-11,13H,1-2,7-9H2. The molecule has 7 heteroatoms. The molecule has 2 heterocycles. The van der Waals surface area contributed by atoms with E-state index in [2.05, 4.69) is 14.8 Å². The molecule has 1 saturated heterocycles. The number of benzene rings is 1. The summed E-state index contributed by atoms with van der Waals surface area (Å²) in [6.45, 7) is 1.44. The number of carbonyl (C=O) groups excluding carboxylic acids is 1. The second-order valence-corrected chi connectivity index (χ2v) is 6.50. The quantitative estimate of drug-likeness (QED) is 0.842. The minimum Gasteiger partial charge on any atom is -0.484 e. The van der Waals surface area contributed by atoms with Crippen LogP contribution in [0.3, 0.4) is 0 Å². The number of ether oxygens (including phenoxy) is 1. The van der Waals surface area contributed by atoms with Crippen LogP contribution in [-0.4, -0.2) is 45.3 Å². The Balaban J connectivity index is 1.28. The van der Waals surface area contributed by atoms with E-state index in [4.69, 9.17) is 16.3 Å². The smallest absolute Gasteiger partial charge is 0.260 e. The maximum Gasteiger partial charge on any atom is 0.260 e. The van der Waals surface area contributed by atoms with E-state index in [0.29, 0.717) is 35.8 Å². The Bertz CT molecular complexity index is 705. The van der Waals surface area contributed by atoms with Crippen LogP contribution in [0, 0.1) is 0 Å². The van der Waals surface area contributed by atoms with Crippen molar-refractivity contribution in [2.24, 2.45) is 0 Å². The molecule has 1 aromatic heterocycles. The van der Waals surface area contributed by atoms with Gasteiger partial charge in [-0.2, -0.15) is 0 Å². The lowest BCUT2D eigenvalue weighted by Gasteiger charge is -2.40. The molecule has 23 heavy (non-hydrogen) atoms. The summed E-state index contributed by atoms with van der Waals surface area (Å²) in [6.07, 6.45) is 4.18. The van der Waals surface area contributed by atoms with Gasteiger partial charge >= 0.3 is 0 Å². The Labute approximate surface area is 139 Å². The van der Waals surface area contributed by atoms with Crippen LogP contribution in [0.5, 0.6) is 5.75 Å². The van der Waals surface area contributed by atoms with Crippen molar-refractivity contribution in [3.05, 3.63) is 41.4 Å². The lowest BCUT2D eigenvalue weighted by atomic mass is 10.1. The zero-order valence-corrected chi connectivity index (χ0v) is 13.3. The van der Waals surface area contributed by atoms with Crippen molar-refractivity contribution in [3.8, 4) is 5.75 Å². The highest BCUT2D eigenvalue weighted by atomic mass is 35.5. The van der Waals surface area contributed by atoms with E-state index in [1.165, 1.54) is 12.8 Å². The molecule has 0 unspecified atom stereocenters. The Hall–Kier alpha value is -2.08. The topological polar surface area (TPSA) is 60.2 Å². The SMILES string of the molecule is O=C(COc1ccc(Cl)cc1)N1CC(n2cnnc2C2CC2)C1. The van der Waals surface area contributed by atoms with Crippen molar-refractivity contribution in [1.29, 1.82) is 0 Å². The van der Waals surface area contributed by atoms with Gasteiger partial charge in [-0.1, -0.05) is 11.6 Å². The Morgan fingerprint density at radius 2 is 2.00 bits per heavy atom. The number of nitrogens with zero attached hydrogens (tertiary/aromatic N) is 4. The van der Waals surface area contributed by atoms with E-state index in [0.717, 1.165) is 5.82 Å². The fraction of sp³-hybridized carbons (Fsp3) is 0.438. The summed E-state index contributed by atoms with van der Waals surface area (Å²) in [5, 5.41) is 8.87. The monoisotopic (exact) mass is 332 g/mol. The summed E-state index contributed by atoms with van der Waals surface area (Å²) in [6, 6.07) is 7.29. The summed E-state index contributed by atoms with van der Waals surface area (Å²) >= 11 is 5.82. The van der Waals surface area contributed by atoms with Crippen molar-refractivity contribution in [3.63, 3.8) is 0 Å². The fourth-order valence-corrected chi connectivity index (χ4v) is 2.89. The van der Waals surface area contributed by atoms with Gasteiger partial charge in [0.2, 0.25) is 0 Å². The van der Waals surface area contributed by atoms with Crippen LogP contribution >= 0.6 is 11.6 Å². The molecule has 4 rings (SSSR count). The molecule has 0 N–H and O–H groups in total. The maximum atomic E-state index is 12.1. The zero-order chi connectivity index (χ0) is 15.8. The Kier molecular flexibility index (Phi) is 3.69. The third-order valence-electron chi connectivity index (χ3n) is 4.33. The number of halogens is 1. The Morgan fingerprint density at radius 3 is 2.70 bits per heavy atom. The number of hydrogen-bond acceptors (Lipinski definition) is 4. The summed E-state index contributed by atoms with van der Waals surface area (Å²) in [7, 11) is 0. The number of amides is 1. The number of carbonyl (C=O) groups is 1. The second-order valence-electron chi connectivity index (χ2n) is 6.07. The van der Waals surface area contributed by atoms with Crippen LogP contribution in [0.4, 0.5) is 0 Å². The normalized spacial score (nSPS) is 17.9. The first kappa shape index (κ1) is 14.5. The van der Waals surface area contributed by atoms with Gasteiger partial charge in [0.25, 0.3) is 5.91 Å². The van der Waals surface area contributed by atoms with E-state index in [-0.39, 0.29) is 12.5 Å². The molecule has 0 radical (unpaired) electrons. The molecule has 1 aliphatic heterocycles. The minimum atomic E-state index is -0.00255. The number of hydrogen-bond donors (Lipinski definition) is 0. The van der Waals surface area contributed by atoms with E-state index in [1.54, 1.807) is 35.5 Å². The van der Waals surface area contributed by atoms with E-state index in [9.17, 15) is 4.79 Å². The van der Waals surface area contributed by atoms with Crippen molar-refractivity contribution >= 4 is 17.5 Å². The van der Waals surface area contributed by atoms with Gasteiger partial charge in [-0.05, 0) is 37.1 Å². The van der Waals surface area contributed by atoms with Crippen LogP contribution in [0.25, 0.3) is 0 Å². The van der Waals surface area contributed by atoms with Crippen LogP contribution < -0.4 is 4.74 Å². The molecule has 120 valence electrons. The number of rotatable bonds is 5. The van der Waals surface area contributed by atoms with Crippen molar-refractivity contribution < 1.29 is 9.53 Å². The predicted molar refractivity (Wildman–Crippen MR) is 84.6 cm³/mol. The predicted octanol–water partition coefficient (Wildman–Crippen LogP) is 2.27. The lowest BCUT2D eigenvalue weighted by molar-refractivity contribution is -0.139. The van der Waals surface area contributed by atoms with E-state index >= 15 is 0 Å². The molecular weight excluding hydrogens is 316 g/mol. The van der Waals surface area contributed by atoms with Gasteiger partial charge in [0, 0.05) is 24.0 Å². The molecular formula is C16H17ClN4O2. The molecule has 2 aromatic rings. The highest BCUT2D eigenvalue weighted by molar-refractivity contribution is 6.30. The first-order valence-corrected chi connectivity index (χ1v) is 8.14. The lowest BCUT2D eigenvalue weighted by Crippen LogP contribution is -2.52. The molecule has 1 amide bonds. The second kappa shape index (κ2) is 5.85. The largest absolute Gasteiger partial charge is 0.484 e. The van der Waals surface area contributed by atoms with Crippen LogP contribution in [0.1, 0.15) is 30.6 Å². The van der Waals surface area contributed by atoms with Gasteiger partial charge in [-0.15, -0.1) is 10.2 Å². The van der Waals surface area contributed by atoms with Gasteiger partial charge in [0.1, 0.15) is 17.9 Å². The minimum absolute atomic E-state index is 0.00255.